The molecule has 1 amide bonds. The average molecular weight is 359 g/mol. The Hall–Kier alpha value is -1.30. The van der Waals surface area contributed by atoms with Crippen LogP contribution in [0.25, 0.3) is 11.0 Å². The van der Waals surface area contributed by atoms with Gasteiger partial charge in [-0.15, -0.1) is 24.8 Å². The number of H-pyrrole nitrogens is 1. The van der Waals surface area contributed by atoms with Crippen molar-refractivity contribution in [2.75, 3.05) is 13.1 Å². The summed E-state index contributed by atoms with van der Waals surface area (Å²) in [4.78, 5) is 20.3. The fourth-order valence-corrected chi connectivity index (χ4v) is 2.82. The number of halogens is 2. The third-order valence-electron chi connectivity index (χ3n) is 4.10. The quantitative estimate of drug-likeness (QED) is 0.786. The lowest BCUT2D eigenvalue weighted by molar-refractivity contribution is -0.125. The van der Waals surface area contributed by atoms with Crippen molar-refractivity contribution in [1.82, 2.24) is 20.6 Å². The minimum atomic E-state index is -0.0782. The molecule has 128 valence electrons. The second kappa shape index (κ2) is 8.52. The molecule has 5 nitrogen and oxygen atoms in total. The van der Waals surface area contributed by atoms with Gasteiger partial charge in [0, 0.05) is 6.54 Å². The van der Waals surface area contributed by atoms with Crippen molar-refractivity contribution < 1.29 is 4.79 Å². The van der Waals surface area contributed by atoms with Gasteiger partial charge in [-0.25, -0.2) is 4.98 Å². The van der Waals surface area contributed by atoms with Crippen LogP contribution in [0, 0.1) is 11.8 Å². The van der Waals surface area contributed by atoms with Crippen molar-refractivity contribution in [3.63, 3.8) is 0 Å². The number of para-hydroxylation sites is 2. The van der Waals surface area contributed by atoms with Crippen LogP contribution < -0.4 is 10.6 Å². The highest BCUT2D eigenvalue weighted by molar-refractivity contribution is 5.85. The number of aromatic amines is 1. The highest BCUT2D eigenvalue weighted by Crippen LogP contribution is 2.23. The summed E-state index contributed by atoms with van der Waals surface area (Å²) >= 11 is 0. The van der Waals surface area contributed by atoms with E-state index in [2.05, 4.69) is 34.4 Å². The second-order valence-corrected chi connectivity index (χ2v) is 6.06. The molecule has 1 saturated heterocycles. The highest BCUT2D eigenvalue weighted by atomic mass is 35.5. The Kier molecular flexibility index (Phi) is 7.32. The summed E-state index contributed by atoms with van der Waals surface area (Å²) in [6, 6.07) is 7.87. The lowest BCUT2D eigenvalue weighted by Gasteiger charge is -2.22. The number of nitrogens with zero attached hydrogens (tertiary/aromatic N) is 1. The van der Waals surface area contributed by atoms with E-state index in [0.29, 0.717) is 0 Å². The first-order valence-electron chi connectivity index (χ1n) is 7.61. The van der Waals surface area contributed by atoms with E-state index in [1.807, 2.05) is 24.3 Å². The zero-order valence-corrected chi connectivity index (χ0v) is 15.0. The summed E-state index contributed by atoms with van der Waals surface area (Å²) in [6.07, 6.45) is 0.913. The van der Waals surface area contributed by atoms with Gasteiger partial charge < -0.3 is 15.6 Å². The fraction of sp³-hybridized carbons (Fsp3) is 0.500. The molecule has 0 spiro atoms. The van der Waals surface area contributed by atoms with Gasteiger partial charge in [-0.2, -0.15) is 0 Å². The second-order valence-electron chi connectivity index (χ2n) is 6.06. The van der Waals surface area contributed by atoms with Gasteiger partial charge in [-0.1, -0.05) is 26.0 Å². The normalized spacial score (nSPS) is 18.3. The lowest BCUT2D eigenvalue weighted by atomic mass is 10.0. The van der Waals surface area contributed by atoms with Crippen molar-refractivity contribution >= 4 is 41.8 Å². The topological polar surface area (TPSA) is 69.8 Å². The summed E-state index contributed by atoms with van der Waals surface area (Å²) in [5.74, 6) is 1.32. The van der Waals surface area contributed by atoms with Crippen molar-refractivity contribution in [1.29, 1.82) is 0 Å². The number of rotatable bonds is 4. The number of hydrogen-bond acceptors (Lipinski definition) is 3. The number of hydrogen-bond donors (Lipinski definition) is 3. The summed E-state index contributed by atoms with van der Waals surface area (Å²) in [5, 5.41) is 6.40. The molecule has 3 N–H and O–H groups in total. The predicted octanol–water partition coefficient (Wildman–Crippen LogP) is 2.83. The van der Waals surface area contributed by atoms with Crippen molar-refractivity contribution in [3.8, 4) is 0 Å². The molecule has 1 aromatic carbocycles. The van der Waals surface area contributed by atoms with Crippen LogP contribution in [-0.4, -0.2) is 29.0 Å². The molecular formula is C16H24Cl2N4O. The molecule has 0 radical (unpaired) electrons. The SMILES string of the molecule is CC(C)C(NC(=O)C1CCNC1)c1nc2ccccc2[nH]1.Cl.Cl. The minimum Gasteiger partial charge on any atom is -0.346 e. The Bertz CT molecular complexity index is 605. The number of benzene rings is 1. The van der Waals surface area contributed by atoms with Gasteiger partial charge in [-0.05, 0) is 31.0 Å². The van der Waals surface area contributed by atoms with Gasteiger partial charge in [0.1, 0.15) is 5.82 Å². The van der Waals surface area contributed by atoms with Gasteiger partial charge in [0.25, 0.3) is 0 Å². The Labute approximate surface area is 148 Å². The van der Waals surface area contributed by atoms with Gasteiger partial charge in [0.05, 0.1) is 23.0 Å². The number of amides is 1. The molecule has 2 atom stereocenters. The molecule has 0 aliphatic carbocycles. The van der Waals surface area contributed by atoms with Crippen LogP contribution in [-0.2, 0) is 4.79 Å². The number of carbonyl (C=O) groups excluding carboxylic acids is 1. The monoisotopic (exact) mass is 358 g/mol. The van der Waals surface area contributed by atoms with Crippen LogP contribution in [0.15, 0.2) is 24.3 Å². The fourth-order valence-electron chi connectivity index (χ4n) is 2.82. The first kappa shape index (κ1) is 19.7. The molecule has 0 saturated carbocycles. The van der Waals surface area contributed by atoms with Crippen LogP contribution in [0.5, 0.6) is 0 Å². The molecule has 2 unspecified atom stereocenters. The molecule has 1 fully saturated rings. The van der Waals surface area contributed by atoms with Crippen LogP contribution in [0.2, 0.25) is 0 Å². The van der Waals surface area contributed by atoms with E-state index in [1.165, 1.54) is 0 Å². The van der Waals surface area contributed by atoms with E-state index >= 15 is 0 Å². The smallest absolute Gasteiger partial charge is 0.225 e. The summed E-state index contributed by atoms with van der Waals surface area (Å²) in [5.41, 5.74) is 1.95. The van der Waals surface area contributed by atoms with Crippen LogP contribution in [0.1, 0.15) is 32.1 Å². The number of fused-ring (bicyclic) bond motifs is 1. The highest BCUT2D eigenvalue weighted by Gasteiger charge is 2.27. The molecule has 3 rings (SSSR count). The maximum absolute atomic E-state index is 12.4. The lowest BCUT2D eigenvalue weighted by Crippen LogP contribution is -2.37. The summed E-state index contributed by atoms with van der Waals surface area (Å²) in [7, 11) is 0. The molecule has 23 heavy (non-hydrogen) atoms. The van der Waals surface area contributed by atoms with E-state index in [0.717, 1.165) is 36.4 Å². The first-order chi connectivity index (χ1) is 10.1. The van der Waals surface area contributed by atoms with Gasteiger partial charge >= 0.3 is 0 Å². The molecule has 2 heterocycles. The Morgan fingerprint density at radius 1 is 1.30 bits per heavy atom. The maximum atomic E-state index is 12.4. The van der Waals surface area contributed by atoms with E-state index in [-0.39, 0.29) is 48.6 Å². The first-order valence-corrected chi connectivity index (χ1v) is 7.61. The van der Waals surface area contributed by atoms with Crippen molar-refractivity contribution in [3.05, 3.63) is 30.1 Å². The number of imidazole rings is 1. The molecule has 1 aromatic heterocycles. The molecular weight excluding hydrogens is 335 g/mol. The molecule has 1 aliphatic rings. The van der Waals surface area contributed by atoms with Gasteiger partial charge in [0.15, 0.2) is 0 Å². The number of nitrogens with one attached hydrogen (secondary N) is 3. The third-order valence-corrected chi connectivity index (χ3v) is 4.10. The van der Waals surface area contributed by atoms with E-state index in [4.69, 9.17) is 0 Å². The van der Waals surface area contributed by atoms with Crippen molar-refractivity contribution in [2.45, 2.75) is 26.3 Å². The summed E-state index contributed by atoms with van der Waals surface area (Å²) in [6.45, 7) is 5.90. The minimum absolute atomic E-state index is 0. The standard InChI is InChI=1S/C16H22N4O.2ClH/c1-10(2)14(20-16(21)11-7-8-17-9-11)15-18-12-5-3-4-6-13(12)19-15;;/h3-6,10-11,14,17H,7-9H2,1-2H3,(H,18,19)(H,20,21);2*1H. The summed E-state index contributed by atoms with van der Waals surface area (Å²) < 4.78 is 0. The zero-order valence-electron chi connectivity index (χ0n) is 13.3. The van der Waals surface area contributed by atoms with Crippen LogP contribution in [0.4, 0.5) is 0 Å². The molecule has 7 heteroatoms. The number of aromatic nitrogens is 2. The van der Waals surface area contributed by atoms with Gasteiger partial charge in [0.2, 0.25) is 5.91 Å². The van der Waals surface area contributed by atoms with Gasteiger partial charge in [-0.3, -0.25) is 4.79 Å². The van der Waals surface area contributed by atoms with E-state index < -0.39 is 0 Å². The molecule has 2 aromatic rings. The molecule has 0 bridgehead atoms. The number of carbonyl (C=O) groups is 1. The Morgan fingerprint density at radius 3 is 2.65 bits per heavy atom. The van der Waals surface area contributed by atoms with Crippen LogP contribution in [0.3, 0.4) is 0 Å². The Morgan fingerprint density at radius 2 is 2.04 bits per heavy atom. The largest absolute Gasteiger partial charge is 0.346 e. The molecule has 1 aliphatic heterocycles. The zero-order chi connectivity index (χ0) is 14.8. The predicted molar refractivity (Wildman–Crippen MR) is 97.3 cm³/mol. The van der Waals surface area contributed by atoms with E-state index in [1.54, 1.807) is 0 Å². The van der Waals surface area contributed by atoms with Crippen molar-refractivity contribution in [2.24, 2.45) is 11.8 Å². The Balaban J connectivity index is 0.00000132. The van der Waals surface area contributed by atoms with Crippen LogP contribution >= 0.6 is 24.8 Å². The maximum Gasteiger partial charge on any atom is 0.225 e. The van der Waals surface area contributed by atoms with E-state index in [9.17, 15) is 4.79 Å². The average Bonchev–Trinajstić information content (AvgIpc) is 3.12. The third kappa shape index (κ3) is 4.37.